The normalized spacial score (nSPS) is 22.9. The van der Waals surface area contributed by atoms with Crippen LogP contribution in [0.1, 0.15) is 5.56 Å². The summed E-state index contributed by atoms with van der Waals surface area (Å²) in [5.74, 6) is 0.291. The molecular weight excluding hydrogens is 256 g/mol. The van der Waals surface area contributed by atoms with Gasteiger partial charge in [0.1, 0.15) is 0 Å². The lowest BCUT2D eigenvalue weighted by Crippen LogP contribution is -2.28. The molecule has 1 aromatic rings. The van der Waals surface area contributed by atoms with E-state index in [0.717, 1.165) is 11.3 Å². The van der Waals surface area contributed by atoms with Crippen molar-refractivity contribution in [3.8, 4) is 0 Å². The summed E-state index contributed by atoms with van der Waals surface area (Å²) in [6.07, 6.45) is 8.12. The SMILES string of the molecule is O=[N+]([O-])c1ccc(CNC2=CC3C=NNC3C=C2)cc1. The molecule has 0 saturated carbocycles. The molecule has 0 radical (unpaired) electrons. The van der Waals surface area contributed by atoms with Gasteiger partial charge in [-0.3, -0.25) is 10.1 Å². The van der Waals surface area contributed by atoms with Crippen molar-refractivity contribution in [1.29, 1.82) is 0 Å². The number of benzene rings is 1. The maximum Gasteiger partial charge on any atom is 0.269 e. The van der Waals surface area contributed by atoms with E-state index >= 15 is 0 Å². The number of fused-ring (bicyclic) bond motifs is 1. The Morgan fingerprint density at radius 3 is 2.90 bits per heavy atom. The third-order valence-corrected chi connectivity index (χ3v) is 3.38. The standard InChI is InChI=1S/C14H14N4O2/c19-18(20)13-4-1-10(2-5-13)8-15-12-3-6-14-11(7-12)9-16-17-14/h1-7,9,11,14-15,17H,8H2. The Morgan fingerprint density at radius 2 is 2.15 bits per heavy atom. The van der Waals surface area contributed by atoms with Gasteiger partial charge in [-0.2, -0.15) is 5.10 Å². The lowest BCUT2D eigenvalue weighted by Gasteiger charge is -2.18. The summed E-state index contributed by atoms with van der Waals surface area (Å²) in [6.45, 7) is 0.635. The number of nitro benzene ring substituents is 1. The van der Waals surface area contributed by atoms with Gasteiger partial charge in [-0.25, -0.2) is 0 Å². The first-order valence-electron chi connectivity index (χ1n) is 6.38. The van der Waals surface area contributed by atoms with Crippen LogP contribution in [0.3, 0.4) is 0 Å². The maximum absolute atomic E-state index is 10.6. The zero-order chi connectivity index (χ0) is 13.9. The molecule has 6 heteroatoms. The van der Waals surface area contributed by atoms with E-state index < -0.39 is 4.92 Å². The van der Waals surface area contributed by atoms with Crippen LogP contribution in [-0.2, 0) is 6.54 Å². The van der Waals surface area contributed by atoms with E-state index in [-0.39, 0.29) is 11.7 Å². The molecule has 1 aromatic carbocycles. The van der Waals surface area contributed by atoms with Crippen LogP contribution < -0.4 is 10.7 Å². The Balaban J connectivity index is 1.61. The first-order chi connectivity index (χ1) is 9.72. The number of hydrogen-bond donors (Lipinski definition) is 2. The smallest absolute Gasteiger partial charge is 0.269 e. The Labute approximate surface area is 116 Å². The van der Waals surface area contributed by atoms with Gasteiger partial charge in [0.25, 0.3) is 5.69 Å². The van der Waals surface area contributed by atoms with E-state index in [9.17, 15) is 10.1 Å². The Hall–Kier alpha value is -2.63. The average Bonchev–Trinajstić information content (AvgIpc) is 2.93. The van der Waals surface area contributed by atoms with Crippen LogP contribution in [0.2, 0.25) is 0 Å². The van der Waals surface area contributed by atoms with Crippen LogP contribution in [0.25, 0.3) is 0 Å². The number of hydrogen-bond acceptors (Lipinski definition) is 5. The highest BCUT2D eigenvalue weighted by molar-refractivity contribution is 5.68. The minimum Gasteiger partial charge on any atom is -0.381 e. The first kappa shape index (κ1) is 12.4. The van der Waals surface area contributed by atoms with Gasteiger partial charge in [-0.1, -0.05) is 24.3 Å². The summed E-state index contributed by atoms with van der Waals surface area (Å²) >= 11 is 0. The van der Waals surface area contributed by atoms with Crippen LogP contribution in [0.15, 0.2) is 53.3 Å². The summed E-state index contributed by atoms with van der Waals surface area (Å²) in [7, 11) is 0. The lowest BCUT2D eigenvalue weighted by molar-refractivity contribution is -0.384. The number of rotatable bonds is 4. The number of hydrazone groups is 1. The minimum atomic E-state index is -0.393. The van der Waals surface area contributed by atoms with Crippen LogP contribution in [0, 0.1) is 16.0 Å². The molecular formula is C14H14N4O2. The van der Waals surface area contributed by atoms with Crippen LogP contribution >= 0.6 is 0 Å². The van der Waals surface area contributed by atoms with E-state index in [1.807, 2.05) is 12.3 Å². The largest absolute Gasteiger partial charge is 0.381 e. The van der Waals surface area contributed by atoms with E-state index in [0.29, 0.717) is 12.5 Å². The molecule has 1 aliphatic heterocycles. The Morgan fingerprint density at radius 1 is 1.35 bits per heavy atom. The molecule has 0 aromatic heterocycles. The molecule has 102 valence electrons. The Bertz CT molecular complexity index is 604. The van der Waals surface area contributed by atoms with E-state index in [2.05, 4.69) is 28.0 Å². The van der Waals surface area contributed by atoms with E-state index in [1.54, 1.807) is 12.1 Å². The van der Waals surface area contributed by atoms with Crippen molar-refractivity contribution in [2.75, 3.05) is 0 Å². The number of nitrogens with one attached hydrogen (secondary N) is 2. The Kier molecular flexibility index (Phi) is 3.20. The van der Waals surface area contributed by atoms with Gasteiger partial charge in [-0.15, -0.1) is 0 Å². The zero-order valence-electron chi connectivity index (χ0n) is 10.7. The molecule has 0 amide bonds. The number of nitrogens with zero attached hydrogens (tertiary/aromatic N) is 2. The van der Waals surface area contributed by atoms with Crippen molar-refractivity contribution in [1.82, 2.24) is 10.7 Å². The molecule has 0 fully saturated rings. The predicted octanol–water partition coefficient (Wildman–Crippen LogP) is 1.71. The second kappa shape index (κ2) is 5.16. The van der Waals surface area contributed by atoms with Gasteiger partial charge >= 0.3 is 0 Å². The van der Waals surface area contributed by atoms with Gasteiger partial charge in [0.05, 0.1) is 11.0 Å². The second-order valence-electron chi connectivity index (χ2n) is 4.77. The van der Waals surface area contributed by atoms with Crippen molar-refractivity contribution in [3.63, 3.8) is 0 Å². The van der Waals surface area contributed by atoms with Crippen LogP contribution in [-0.4, -0.2) is 17.2 Å². The fourth-order valence-corrected chi connectivity index (χ4v) is 2.24. The molecule has 1 heterocycles. The molecule has 3 rings (SSSR count). The lowest BCUT2D eigenvalue weighted by atomic mass is 9.96. The van der Waals surface area contributed by atoms with Crippen LogP contribution in [0.5, 0.6) is 0 Å². The highest BCUT2D eigenvalue weighted by atomic mass is 16.6. The van der Waals surface area contributed by atoms with Crippen molar-refractivity contribution in [3.05, 3.63) is 63.9 Å². The van der Waals surface area contributed by atoms with E-state index in [1.165, 1.54) is 12.1 Å². The molecule has 6 nitrogen and oxygen atoms in total. The fourth-order valence-electron chi connectivity index (χ4n) is 2.24. The van der Waals surface area contributed by atoms with Crippen molar-refractivity contribution in [2.24, 2.45) is 11.0 Å². The predicted molar refractivity (Wildman–Crippen MR) is 76.1 cm³/mol. The van der Waals surface area contributed by atoms with Crippen molar-refractivity contribution < 1.29 is 4.92 Å². The van der Waals surface area contributed by atoms with Crippen molar-refractivity contribution in [2.45, 2.75) is 12.6 Å². The molecule has 0 saturated heterocycles. The highest BCUT2D eigenvalue weighted by Crippen LogP contribution is 2.18. The number of nitro groups is 1. The maximum atomic E-state index is 10.6. The molecule has 20 heavy (non-hydrogen) atoms. The quantitative estimate of drug-likeness (QED) is 0.645. The molecule has 0 spiro atoms. The highest BCUT2D eigenvalue weighted by Gasteiger charge is 2.22. The molecule has 2 unspecified atom stereocenters. The topological polar surface area (TPSA) is 79.6 Å². The van der Waals surface area contributed by atoms with Gasteiger partial charge in [-0.05, 0) is 11.6 Å². The molecule has 1 aliphatic carbocycles. The van der Waals surface area contributed by atoms with E-state index in [4.69, 9.17) is 0 Å². The van der Waals surface area contributed by atoms with Crippen molar-refractivity contribution >= 4 is 11.9 Å². The zero-order valence-corrected chi connectivity index (χ0v) is 10.7. The summed E-state index contributed by atoms with van der Waals surface area (Å²) in [6, 6.07) is 6.83. The summed E-state index contributed by atoms with van der Waals surface area (Å²) in [5, 5.41) is 17.9. The molecule has 0 bridgehead atoms. The monoisotopic (exact) mass is 270 g/mol. The number of non-ortho nitro benzene ring substituents is 1. The fraction of sp³-hybridized carbons (Fsp3) is 0.214. The van der Waals surface area contributed by atoms with Gasteiger partial charge < -0.3 is 10.7 Å². The van der Waals surface area contributed by atoms with Gasteiger partial charge in [0.2, 0.25) is 0 Å². The second-order valence-corrected chi connectivity index (χ2v) is 4.77. The van der Waals surface area contributed by atoms with Crippen LogP contribution in [0.4, 0.5) is 5.69 Å². The molecule has 2 aliphatic rings. The summed E-state index contributed by atoms with van der Waals surface area (Å²) in [4.78, 5) is 10.2. The first-order valence-corrected chi connectivity index (χ1v) is 6.38. The number of allylic oxidation sites excluding steroid dienone is 1. The third-order valence-electron chi connectivity index (χ3n) is 3.38. The van der Waals surface area contributed by atoms with Gasteiger partial charge in [0.15, 0.2) is 0 Å². The molecule has 2 N–H and O–H groups in total. The third kappa shape index (κ3) is 2.54. The summed E-state index contributed by atoms with van der Waals surface area (Å²) in [5.41, 5.74) is 5.18. The summed E-state index contributed by atoms with van der Waals surface area (Å²) < 4.78 is 0. The molecule has 2 atom stereocenters. The average molecular weight is 270 g/mol. The van der Waals surface area contributed by atoms with Gasteiger partial charge in [0, 0.05) is 36.5 Å². The minimum absolute atomic E-state index is 0.113.